The Kier molecular flexibility index (Phi) is 2.63. The molecule has 0 bridgehead atoms. The largest absolute Gasteiger partial charge is 0.389 e. The highest BCUT2D eigenvalue weighted by atomic mass is 32.1. The molecule has 2 atom stereocenters. The fourth-order valence-corrected chi connectivity index (χ4v) is 2.94. The van der Waals surface area contributed by atoms with Crippen molar-refractivity contribution in [1.82, 2.24) is 4.98 Å². The number of nitrogens with two attached hydrogens (primary N) is 1. The minimum Gasteiger partial charge on any atom is -0.389 e. The van der Waals surface area contributed by atoms with Crippen molar-refractivity contribution in [2.45, 2.75) is 20.3 Å². The van der Waals surface area contributed by atoms with E-state index in [0.29, 0.717) is 0 Å². The number of piperidine rings is 1. The number of hydrogen-bond donors (Lipinski definition) is 1. The first kappa shape index (κ1) is 9.77. The summed E-state index contributed by atoms with van der Waals surface area (Å²) in [6.07, 6.45) is 3.08. The molecule has 2 N–H and O–H groups in total. The van der Waals surface area contributed by atoms with E-state index >= 15 is 0 Å². The molecule has 3 nitrogen and oxygen atoms in total. The predicted molar refractivity (Wildman–Crippen MR) is 61.7 cm³/mol. The summed E-state index contributed by atoms with van der Waals surface area (Å²) in [7, 11) is 0. The zero-order valence-corrected chi connectivity index (χ0v) is 9.55. The Morgan fingerprint density at radius 2 is 2.07 bits per heavy atom. The van der Waals surface area contributed by atoms with E-state index in [2.05, 4.69) is 23.7 Å². The molecule has 14 heavy (non-hydrogen) atoms. The van der Waals surface area contributed by atoms with Gasteiger partial charge in [-0.3, -0.25) is 0 Å². The SMILES string of the molecule is CC1CC(C)CN(c2ncc(N)s2)C1. The van der Waals surface area contributed by atoms with Gasteiger partial charge in [-0.25, -0.2) is 4.98 Å². The second-order valence-electron chi connectivity index (χ2n) is 4.40. The molecular formula is C10H17N3S. The normalized spacial score (nSPS) is 28.0. The highest BCUT2D eigenvalue weighted by Gasteiger charge is 2.23. The Morgan fingerprint density at radius 3 is 2.57 bits per heavy atom. The maximum Gasteiger partial charge on any atom is 0.187 e. The average Bonchev–Trinajstić information content (AvgIpc) is 2.50. The number of anilines is 2. The van der Waals surface area contributed by atoms with Crippen molar-refractivity contribution in [1.29, 1.82) is 0 Å². The molecule has 2 heterocycles. The van der Waals surface area contributed by atoms with E-state index in [1.165, 1.54) is 6.42 Å². The van der Waals surface area contributed by atoms with Crippen molar-refractivity contribution in [2.75, 3.05) is 23.7 Å². The Morgan fingerprint density at radius 1 is 1.43 bits per heavy atom. The van der Waals surface area contributed by atoms with Gasteiger partial charge in [-0.05, 0) is 18.3 Å². The van der Waals surface area contributed by atoms with E-state index in [1.54, 1.807) is 17.5 Å². The molecule has 0 spiro atoms. The molecule has 1 fully saturated rings. The van der Waals surface area contributed by atoms with Crippen LogP contribution in [0.2, 0.25) is 0 Å². The van der Waals surface area contributed by atoms with Crippen molar-refractivity contribution in [3.63, 3.8) is 0 Å². The zero-order chi connectivity index (χ0) is 10.1. The Balaban J connectivity index is 2.10. The molecule has 0 aromatic carbocycles. The summed E-state index contributed by atoms with van der Waals surface area (Å²) in [4.78, 5) is 6.69. The summed E-state index contributed by atoms with van der Waals surface area (Å²) in [5.41, 5.74) is 5.68. The van der Waals surface area contributed by atoms with Gasteiger partial charge in [-0.1, -0.05) is 25.2 Å². The summed E-state index contributed by atoms with van der Waals surface area (Å²) in [5.74, 6) is 1.53. The topological polar surface area (TPSA) is 42.2 Å². The molecule has 1 aliphatic rings. The number of nitrogen functional groups attached to an aromatic ring is 1. The number of nitrogens with zero attached hydrogens (tertiary/aromatic N) is 2. The number of hydrogen-bond acceptors (Lipinski definition) is 4. The van der Waals surface area contributed by atoms with Crippen molar-refractivity contribution in [3.05, 3.63) is 6.20 Å². The lowest BCUT2D eigenvalue weighted by Gasteiger charge is -2.34. The predicted octanol–water partition coefficient (Wildman–Crippen LogP) is 2.21. The molecule has 78 valence electrons. The van der Waals surface area contributed by atoms with Crippen LogP contribution in [0.5, 0.6) is 0 Å². The first-order valence-electron chi connectivity index (χ1n) is 5.11. The summed E-state index contributed by atoms with van der Waals surface area (Å²) in [6.45, 7) is 6.85. The minimum absolute atomic E-state index is 0.767. The van der Waals surface area contributed by atoms with Crippen LogP contribution in [0.1, 0.15) is 20.3 Å². The average molecular weight is 211 g/mol. The van der Waals surface area contributed by atoms with Crippen LogP contribution in [0, 0.1) is 11.8 Å². The van der Waals surface area contributed by atoms with Gasteiger partial charge >= 0.3 is 0 Å². The second kappa shape index (κ2) is 3.77. The van der Waals surface area contributed by atoms with Crippen LogP contribution in [0.3, 0.4) is 0 Å². The lowest BCUT2D eigenvalue weighted by Crippen LogP contribution is -2.38. The molecule has 0 radical (unpaired) electrons. The Hall–Kier alpha value is -0.770. The van der Waals surface area contributed by atoms with Crippen molar-refractivity contribution >= 4 is 21.5 Å². The third-order valence-corrected chi connectivity index (χ3v) is 3.54. The van der Waals surface area contributed by atoms with Crippen LogP contribution < -0.4 is 10.6 Å². The van der Waals surface area contributed by atoms with Gasteiger partial charge < -0.3 is 10.6 Å². The molecule has 1 aromatic rings. The molecule has 4 heteroatoms. The molecule has 1 aromatic heterocycles. The van der Waals surface area contributed by atoms with E-state index < -0.39 is 0 Å². The molecular weight excluding hydrogens is 194 g/mol. The van der Waals surface area contributed by atoms with E-state index in [0.717, 1.165) is 35.1 Å². The lowest BCUT2D eigenvalue weighted by molar-refractivity contribution is 0.356. The third kappa shape index (κ3) is 2.00. The van der Waals surface area contributed by atoms with E-state index in [9.17, 15) is 0 Å². The Labute approximate surface area is 88.9 Å². The highest BCUT2D eigenvalue weighted by Crippen LogP contribution is 2.30. The van der Waals surface area contributed by atoms with Crippen LogP contribution in [0.15, 0.2) is 6.20 Å². The van der Waals surface area contributed by atoms with Crippen molar-refractivity contribution in [2.24, 2.45) is 11.8 Å². The van der Waals surface area contributed by atoms with Crippen LogP contribution >= 0.6 is 11.3 Å². The molecule has 1 aliphatic heterocycles. The van der Waals surface area contributed by atoms with Gasteiger partial charge in [0.25, 0.3) is 0 Å². The minimum atomic E-state index is 0.767. The van der Waals surface area contributed by atoms with Crippen molar-refractivity contribution < 1.29 is 0 Å². The van der Waals surface area contributed by atoms with Gasteiger partial charge in [0.1, 0.15) is 5.00 Å². The molecule has 1 saturated heterocycles. The summed E-state index contributed by atoms with van der Waals surface area (Å²) in [5, 5.41) is 1.90. The lowest BCUT2D eigenvalue weighted by atomic mass is 9.92. The van der Waals surface area contributed by atoms with E-state index in [-0.39, 0.29) is 0 Å². The summed E-state index contributed by atoms with van der Waals surface area (Å²) >= 11 is 1.59. The van der Waals surface area contributed by atoms with Gasteiger partial charge in [-0.15, -0.1) is 0 Å². The van der Waals surface area contributed by atoms with E-state index in [1.807, 2.05) is 0 Å². The first-order chi connectivity index (χ1) is 6.65. The summed E-state index contributed by atoms with van der Waals surface area (Å²) < 4.78 is 0. The highest BCUT2D eigenvalue weighted by molar-refractivity contribution is 7.19. The molecule has 0 saturated carbocycles. The number of aromatic nitrogens is 1. The third-order valence-electron chi connectivity index (χ3n) is 2.65. The molecule has 0 aliphatic carbocycles. The fraction of sp³-hybridized carbons (Fsp3) is 0.700. The van der Waals surface area contributed by atoms with Gasteiger partial charge in [0, 0.05) is 13.1 Å². The second-order valence-corrected chi connectivity index (χ2v) is 5.44. The molecule has 2 rings (SSSR count). The quantitative estimate of drug-likeness (QED) is 0.774. The van der Waals surface area contributed by atoms with Gasteiger partial charge in [0.2, 0.25) is 0 Å². The monoisotopic (exact) mass is 211 g/mol. The van der Waals surface area contributed by atoms with Crippen LogP contribution in [0.4, 0.5) is 10.1 Å². The van der Waals surface area contributed by atoms with Crippen LogP contribution in [-0.4, -0.2) is 18.1 Å². The zero-order valence-electron chi connectivity index (χ0n) is 8.73. The van der Waals surface area contributed by atoms with Gasteiger partial charge in [-0.2, -0.15) is 0 Å². The number of rotatable bonds is 1. The van der Waals surface area contributed by atoms with Gasteiger partial charge in [0.15, 0.2) is 5.13 Å². The van der Waals surface area contributed by atoms with E-state index in [4.69, 9.17) is 5.73 Å². The summed E-state index contributed by atoms with van der Waals surface area (Å²) in [6, 6.07) is 0. The molecule has 0 amide bonds. The maximum atomic E-state index is 5.68. The van der Waals surface area contributed by atoms with Crippen LogP contribution in [-0.2, 0) is 0 Å². The van der Waals surface area contributed by atoms with Gasteiger partial charge in [0.05, 0.1) is 6.20 Å². The Bertz CT molecular complexity index is 300. The molecule has 2 unspecified atom stereocenters. The fourth-order valence-electron chi connectivity index (χ4n) is 2.24. The standard InChI is InChI=1S/C10H17N3S/c1-7-3-8(2)6-13(5-7)10-12-4-9(11)14-10/h4,7-8H,3,5-6,11H2,1-2H3. The number of thiazole rings is 1. The first-order valence-corrected chi connectivity index (χ1v) is 5.93. The van der Waals surface area contributed by atoms with Crippen molar-refractivity contribution in [3.8, 4) is 0 Å². The maximum absolute atomic E-state index is 5.68. The van der Waals surface area contributed by atoms with Crippen LogP contribution in [0.25, 0.3) is 0 Å². The smallest absolute Gasteiger partial charge is 0.187 e.